The van der Waals surface area contributed by atoms with Crippen LogP contribution < -0.4 is 30.3 Å². The minimum Gasteiger partial charge on any atom is -0.490 e. The Kier molecular flexibility index (Phi) is 10.4. The first-order valence-electron chi connectivity index (χ1n) is 11.8. The third-order valence-electron chi connectivity index (χ3n) is 5.36. The summed E-state index contributed by atoms with van der Waals surface area (Å²) in [5.74, 6) is 0.496. The topological polar surface area (TPSA) is 164 Å². The maximum absolute atomic E-state index is 12.4. The van der Waals surface area contributed by atoms with Gasteiger partial charge in [-0.25, -0.2) is 9.59 Å². The average molecular weight is 558 g/mol. The number of amides is 2. The number of hydrogen-bond acceptors (Lipinski definition) is 10. The molecule has 1 aliphatic rings. The number of aliphatic hydroxyl groups excluding tert-OH is 1. The quantitative estimate of drug-likeness (QED) is 0.133. The minimum absolute atomic E-state index is 0.142. The zero-order valence-electron chi connectivity index (χ0n) is 21.5. The van der Waals surface area contributed by atoms with Gasteiger partial charge in [0, 0.05) is 16.3 Å². The number of rotatable bonds is 12. The summed E-state index contributed by atoms with van der Waals surface area (Å²) in [5, 5.41) is 28.8. The molecule has 0 unspecified atom stereocenters. The number of urea groups is 1. The molecule has 1 aliphatic heterocycles. The van der Waals surface area contributed by atoms with Gasteiger partial charge >= 0.3 is 12.0 Å². The number of halogens is 1. The molecule has 0 saturated carbocycles. The number of allylic oxidation sites excluding steroid dienone is 1. The van der Waals surface area contributed by atoms with Crippen LogP contribution in [0, 0.1) is 11.3 Å². The van der Waals surface area contributed by atoms with E-state index in [-0.39, 0.29) is 18.8 Å². The molecule has 2 amide bonds. The van der Waals surface area contributed by atoms with Crippen molar-refractivity contribution in [1.82, 2.24) is 16.1 Å². The summed E-state index contributed by atoms with van der Waals surface area (Å²) >= 11 is 6.02. The van der Waals surface area contributed by atoms with Gasteiger partial charge in [-0.1, -0.05) is 17.7 Å². The molecule has 0 aromatic heterocycles. The Labute approximate surface area is 230 Å². The first kappa shape index (κ1) is 29.1. The number of carbonyl (C=O) groups is 2. The van der Waals surface area contributed by atoms with E-state index < -0.39 is 24.3 Å². The fraction of sp³-hybridized carbons (Fsp3) is 0.308. The zero-order valence-corrected chi connectivity index (χ0v) is 22.2. The molecule has 2 aromatic rings. The second-order valence-corrected chi connectivity index (χ2v) is 8.48. The Morgan fingerprint density at radius 3 is 2.72 bits per heavy atom. The molecule has 4 N–H and O–H groups in total. The first-order valence-corrected chi connectivity index (χ1v) is 12.2. The van der Waals surface area contributed by atoms with Crippen LogP contribution in [-0.4, -0.2) is 56.5 Å². The summed E-state index contributed by atoms with van der Waals surface area (Å²) in [6.07, 6.45) is 0.197. The van der Waals surface area contributed by atoms with Crippen LogP contribution in [0.4, 0.5) is 4.79 Å². The van der Waals surface area contributed by atoms with Crippen LogP contribution >= 0.6 is 11.6 Å². The van der Waals surface area contributed by atoms with E-state index in [0.717, 1.165) is 0 Å². The van der Waals surface area contributed by atoms with E-state index in [2.05, 4.69) is 21.2 Å². The molecule has 0 fully saturated rings. The molecule has 0 spiro atoms. The van der Waals surface area contributed by atoms with Crippen LogP contribution in [0.15, 0.2) is 52.8 Å². The van der Waals surface area contributed by atoms with Gasteiger partial charge in [-0.05, 0) is 49.7 Å². The molecule has 3 rings (SSSR count). The lowest BCUT2D eigenvalue weighted by molar-refractivity contribution is -0.136. The molecule has 2 atom stereocenters. The Balaban J connectivity index is 1.70. The number of hydrazone groups is 1. The van der Waals surface area contributed by atoms with E-state index in [0.29, 0.717) is 45.7 Å². The van der Waals surface area contributed by atoms with Crippen molar-refractivity contribution in [2.24, 2.45) is 5.10 Å². The van der Waals surface area contributed by atoms with Crippen molar-refractivity contribution in [3.63, 3.8) is 0 Å². The zero-order chi connectivity index (χ0) is 28.4. The molecule has 39 heavy (non-hydrogen) atoms. The van der Waals surface area contributed by atoms with Gasteiger partial charge in [0.15, 0.2) is 24.3 Å². The van der Waals surface area contributed by atoms with Gasteiger partial charge in [0.1, 0.15) is 18.4 Å². The van der Waals surface area contributed by atoms with Gasteiger partial charge in [0.05, 0.1) is 31.5 Å². The van der Waals surface area contributed by atoms with Crippen molar-refractivity contribution >= 4 is 29.8 Å². The van der Waals surface area contributed by atoms with Gasteiger partial charge in [0.2, 0.25) is 0 Å². The summed E-state index contributed by atoms with van der Waals surface area (Å²) in [7, 11) is 1.26. The normalized spacial score (nSPS) is 15.6. The number of nitrogens with zero attached hydrogens (tertiary/aromatic N) is 2. The molecule has 0 radical (unpaired) electrons. The summed E-state index contributed by atoms with van der Waals surface area (Å²) in [6, 6.07) is 10.4. The number of methoxy groups -OCH3 is 1. The average Bonchev–Trinajstić information content (AvgIpc) is 2.91. The highest BCUT2D eigenvalue weighted by Gasteiger charge is 2.32. The molecular weight excluding hydrogens is 530 g/mol. The van der Waals surface area contributed by atoms with Crippen molar-refractivity contribution in [1.29, 1.82) is 5.26 Å². The predicted octanol–water partition coefficient (Wildman–Crippen LogP) is 2.76. The van der Waals surface area contributed by atoms with Crippen LogP contribution in [0.2, 0.25) is 5.02 Å². The Bertz CT molecular complexity index is 1310. The molecule has 2 aromatic carbocycles. The number of aliphatic hydroxyl groups is 1. The third kappa shape index (κ3) is 7.76. The molecule has 1 heterocycles. The number of nitriles is 1. The number of carbonyl (C=O) groups excluding carboxylic acids is 2. The third-order valence-corrected chi connectivity index (χ3v) is 5.60. The summed E-state index contributed by atoms with van der Waals surface area (Å²) in [5.41, 5.74) is 4.25. The minimum atomic E-state index is -1.20. The van der Waals surface area contributed by atoms with Crippen LogP contribution in [0.3, 0.4) is 0 Å². The van der Waals surface area contributed by atoms with E-state index >= 15 is 0 Å². The van der Waals surface area contributed by atoms with E-state index in [4.69, 9.17) is 35.8 Å². The molecule has 0 saturated heterocycles. The van der Waals surface area contributed by atoms with Crippen molar-refractivity contribution in [2.45, 2.75) is 26.1 Å². The molecule has 206 valence electrons. The van der Waals surface area contributed by atoms with Gasteiger partial charge in [-0.3, -0.25) is 5.43 Å². The monoisotopic (exact) mass is 557 g/mol. The SMILES string of the molecule is CCOc1cc([C@@H]2NC(=O)NC(C)=C2C(=O)OC)ccc1OC[C@@H](O)N/N=C/c1cc(Cl)ccc1OCC#N. The summed E-state index contributed by atoms with van der Waals surface area (Å²) in [6.45, 7) is 3.39. The van der Waals surface area contributed by atoms with Crippen molar-refractivity contribution in [3.8, 4) is 23.3 Å². The lowest BCUT2D eigenvalue weighted by Gasteiger charge is -2.28. The fourth-order valence-corrected chi connectivity index (χ4v) is 3.86. The van der Waals surface area contributed by atoms with Crippen molar-refractivity contribution in [2.75, 3.05) is 26.9 Å². The number of esters is 1. The summed E-state index contributed by atoms with van der Waals surface area (Å²) in [4.78, 5) is 24.5. The number of hydrogen-bond donors (Lipinski definition) is 4. The van der Waals surface area contributed by atoms with Gasteiger partial charge in [-0.2, -0.15) is 10.4 Å². The second-order valence-electron chi connectivity index (χ2n) is 8.04. The maximum atomic E-state index is 12.4. The summed E-state index contributed by atoms with van der Waals surface area (Å²) < 4.78 is 21.7. The predicted molar refractivity (Wildman–Crippen MR) is 142 cm³/mol. The highest BCUT2D eigenvalue weighted by molar-refractivity contribution is 6.30. The Hall–Kier alpha value is -4.47. The van der Waals surface area contributed by atoms with Crippen LogP contribution in [0.25, 0.3) is 0 Å². The fourth-order valence-electron chi connectivity index (χ4n) is 3.68. The van der Waals surface area contributed by atoms with Crippen molar-refractivity contribution in [3.05, 3.63) is 63.8 Å². The van der Waals surface area contributed by atoms with Gasteiger partial charge in [-0.15, -0.1) is 0 Å². The van der Waals surface area contributed by atoms with Crippen LogP contribution in [0.5, 0.6) is 17.2 Å². The Morgan fingerprint density at radius 1 is 1.23 bits per heavy atom. The molecule has 13 heteroatoms. The van der Waals surface area contributed by atoms with Crippen molar-refractivity contribution < 1.29 is 33.6 Å². The Morgan fingerprint density at radius 2 is 2.00 bits per heavy atom. The highest BCUT2D eigenvalue weighted by Crippen LogP contribution is 2.35. The number of benzene rings is 2. The van der Waals surface area contributed by atoms with E-state index in [1.165, 1.54) is 13.3 Å². The molecular formula is C26H28ClN5O7. The number of ether oxygens (including phenoxy) is 4. The largest absolute Gasteiger partial charge is 0.490 e. The van der Waals surface area contributed by atoms with Crippen LogP contribution in [-0.2, 0) is 9.53 Å². The maximum Gasteiger partial charge on any atom is 0.337 e. The van der Waals surface area contributed by atoms with E-state index in [9.17, 15) is 14.7 Å². The molecule has 0 aliphatic carbocycles. The highest BCUT2D eigenvalue weighted by atomic mass is 35.5. The lowest BCUT2D eigenvalue weighted by atomic mass is 9.95. The van der Waals surface area contributed by atoms with Gasteiger partial charge in [0.25, 0.3) is 0 Å². The standard InChI is InChI=1S/C26H28ClN5O7/c1-4-37-21-12-16(24-23(25(34)36-3)15(2)30-26(35)31-24)5-7-20(21)39-14-22(33)32-29-13-17-11-18(27)6-8-19(17)38-10-9-28/h5-8,11-13,22,24,32-33H,4,10,14H2,1-3H3,(H2,30,31,35)/b29-13+/t22-,24+/m1/s1. The molecule has 0 bridgehead atoms. The van der Waals surface area contributed by atoms with E-state index in [1.54, 1.807) is 50.2 Å². The second kappa shape index (κ2) is 13.9. The smallest absolute Gasteiger partial charge is 0.337 e. The van der Waals surface area contributed by atoms with E-state index in [1.807, 2.05) is 6.07 Å². The van der Waals surface area contributed by atoms with Gasteiger partial charge < -0.3 is 34.7 Å². The first-order chi connectivity index (χ1) is 18.8. The molecule has 12 nitrogen and oxygen atoms in total. The number of nitrogens with one attached hydrogen (secondary N) is 3. The lowest BCUT2D eigenvalue weighted by Crippen LogP contribution is -2.45. The van der Waals surface area contributed by atoms with Crippen LogP contribution in [0.1, 0.15) is 31.0 Å².